The van der Waals surface area contributed by atoms with E-state index in [4.69, 9.17) is 9.84 Å². The summed E-state index contributed by atoms with van der Waals surface area (Å²) in [4.78, 5) is 11.2. The Morgan fingerprint density at radius 1 is 1.64 bits per heavy atom. The smallest absolute Gasteiger partial charge is 0.230 e. The summed E-state index contributed by atoms with van der Waals surface area (Å²) in [6.07, 6.45) is 2.35. The highest BCUT2D eigenvalue weighted by Crippen LogP contribution is 2.10. The van der Waals surface area contributed by atoms with Crippen LogP contribution in [0.2, 0.25) is 0 Å². The first-order valence-corrected chi connectivity index (χ1v) is 6.05. The van der Waals surface area contributed by atoms with Gasteiger partial charge in [0, 0.05) is 18.9 Å². The first kappa shape index (κ1) is 11.8. The van der Waals surface area contributed by atoms with Gasteiger partial charge in [-0.2, -0.15) is 0 Å². The highest BCUT2D eigenvalue weighted by atomic mass is 32.2. The molecule has 1 saturated heterocycles. The van der Waals surface area contributed by atoms with E-state index in [1.807, 2.05) is 0 Å². The van der Waals surface area contributed by atoms with Crippen LogP contribution in [0.1, 0.15) is 12.8 Å². The fourth-order valence-corrected chi connectivity index (χ4v) is 1.87. The van der Waals surface area contributed by atoms with Crippen LogP contribution in [0.25, 0.3) is 0 Å². The first-order chi connectivity index (χ1) is 6.83. The maximum atomic E-state index is 11.2. The van der Waals surface area contributed by atoms with Gasteiger partial charge in [-0.1, -0.05) is 0 Å². The van der Waals surface area contributed by atoms with Crippen LogP contribution in [0.4, 0.5) is 0 Å². The number of hydrogen-bond acceptors (Lipinski definition) is 4. The molecule has 1 atom stereocenters. The molecule has 5 heteroatoms. The summed E-state index contributed by atoms with van der Waals surface area (Å²) >= 11 is 1.44. The molecule has 0 saturated carbocycles. The summed E-state index contributed by atoms with van der Waals surface area (Å²) in [6.45, 7) is 1.57. The quantitative estimate of drug-likeness (QED) is 0.618. The van der Waals surface area contributed by atoms with Crippen molar-refractivity contribution >= 4 is 17.7 Å². The van der Waals surface area contributed by atoms with Crippen LogP contribution in [0.3, 0.4) is 0 Å². The number of nitrogens with one attached hydrogen (secondary N) is 1. The Morgan fingerprint density at radius 2 is 2.50 bits per heavy atom. The number of rotatable bonds is 6. The number of carbonyl (C=O) groups excluding carboxylic acids is 1. The number of ether oxygens (including phenoxy) is 1. The predicted octanol–water partition coefficient (Wildman–Crippen LogP) is 0.00710. The van der Waals surface area contributed by atoms with Gasteiger partial charge in [-0.25, -0.2) is 0 Å². The van der Waals surface area contributed by atoms with Crippen molar-refractivity contribution in [2.45, 2.75) is 18.9 Å². The molecule has 0 aromatic carbocycles. The van der Waals surface area contributed by atoms with Crippen LogP contribution in [-0.2, 0) is 9.53 Å². The lowest BCUT2D eigenvalue weighted by atomic mass is 10.2. The lowest BCUT2D eigenvalue weighted by Gasteiger charge is -2.10. The molecule has 0 radical (unpaired) electrons. The fraction of sp³-hybridized carbons (Fsp3) is 0.889. The molecule has 0 aromatic heterocycles. The molecular weight excluding hydrogens is 202 g/mol. The van der Waals surface area contributed by atoms with E-state index in [9.17, 15) is 4.79 Å². The third-order valence-corrected chi connectivity index (χ3v) is 2.96. The summed E-state index contributed by atoms with van der Waals surface area (Å²) in [5.74, 6) is 1.07. The third kappa shape index (κ3) is 4.83. The normalized spacial score (nSPS) is 21.1. The molecule has 0 unspecified atom stereocenters. The van der Waals surface area contributed by atoms with Crippen molar-refractivity contribution in [3.63, 3.8) is 0 Å². The molecule has 1 rings (SSSR count). The molecule has 82 valence electrons. The first-order valence-electron chi connectivity index (χ1n) is 4.90. The maximum Gasteiger partial charge on any atom is 0.230 e. The van der Waals surface area contributed by atoms with Crippen molar-refractivity contribution in [1.82, 2.24) is 5.32 Å². The fourth-order valence-electron chi connectivity index (χ4n) is 1.31. The Morgan fingerprint density at radius 3 is 3.14 bits per heavy atom. The summed E-state index contributed by atoms with van der Waals surface area (Å²) in [6, 6.07) is 0. The van der Waals surface area contributed by atoms with Crippen molar-refractivity contribution in [3.8, 4) is 0 Å². The van der Waals surface area contributed by atoms with Crippen LogP contribution in [0.15, 0.2) is 0 Å². The number of thioether (sulfide) groups is 1. The van der Waals surface area contributed by atoms with Crippen molar-refractivity contribution in [3.05, 3.63) is 0 Å². The van der Waals surface area contributed by atoms with E-state index in [0.717, 1.165) is 19.4 Å². The standard InChI is InChI=1S/C9H17NO3S/c11-3-5-14-7-9(12)10-6-8-2-1-4-13-8/h8,11H,1-7H2,(H,10,12)/t8-/m0/s1. The SMILES string of the molecule is O=C(CSCCO)NC[C@@H]1CCCO1. The van der Waals surface area contributed by atoms with Gasteiger partial charge in [0.25, 0.3) is 0 Å². The van der Waals surface area contributed by atoms with Crippen molar-refractivity contribution in [2.75, 3.05) is 31.3 Å². The molecule has 0 aromatic rings. The summed E-state index contributed by atoms with van der Waals surface area (Å²) in [7, 11) is 0. The Hall–Kier alpha value is -0.260. The van der Waals surface area contributed by atoms with Crippen LogP contribution in [0, 0.1) is 0 Å². The lowest BCUT2D eigenvalue weighted by Crippen LogP contribution is -2.33. The lowest BCUT2D eigenvalue weighted by molar-refractivity contribution is -0.119. The second-order valence-corrected chi connectivity index (χ2v) is 4.32. The summed E-state index contributed by atoms with van der Waals surface area (Å²) < 4.78 is 5.37. The topological polar surface area (TPSA) is 58.6 Å². The van der Waals surface area contributed by atoms with Crippen molar-refractivity contribution in [1.29, 1.82) is 0 Å². The molecule has 1 aliphatic heterocycles. The Kier molecular flexibility index (Phi) is 5.98. The molecule has 0 spiro atoms. The van der Waals surface area contributed by atoms with Gasteiger partial charge in [-0.3, -0.25) is 4.79 Å². The molecular formula is C9H17NO3S. The van der Waals surface area contributed by atoms with Gasteiger partial charge in [0.1, 0.15) is 0 Å². The molecule has 2 N–H and O–H groups in total. The second-order valence-electron chi connectivity index (χ2n) is 3.22. The second kappa shape index (κ2) is 7.09. The van der Waals surface area contributed by atoms with E-state index in [-0.39, 0.29) is 18.6 Å². The van der Waals surface area contributed by atoms with E-state index in [0.29, 0.717) is 18.1 Å². The Labute approximate surface area is 88.4 Å². The van der Waals surface area contributed by atoms with Gasteiger partial charge < -0.3 is 15.2 Å². The predicted molar refractivity (Wildman–Crippen MR) is 56.4 cm³/mol. The molecule has 1 fully saturated rings. The number of aliphatic hydroxyl groups is 1. The molecule has 14 heavy (non-hydrogen) atoms. The molecule has 4 nitrogen and oxygen atoms in total. The maximum absolute atomic E-state index is 11.2. The van der Waals surface area contributed by atoms with Gasteiger partial charge in [-0.05, 0) is 12.8 Å². The zero-order valence-corrected chi connectivity index (χ0v) is 9.02. The number of amides is 1. The summed E-state index contributed by atoms with van der Waals surface area (Å²) in [5.41, 5.74) is 0. The van der Waals surface area contributed by atoms with E-state index < -0.39 is 0 Å². The highest BCUT2D eigenvalue weighted by Gasteiger charge is 2.15. The molecule has 0 aliphatic carbocycles. The van der Waals surface area contributed by atoms with E-state index >= 15 is 0 Å². The van der Waals surface area contributed by atoms with Crippen LogP contribution < -0.4 is 5.32 Å². The van der Waals surface area contributed by atoms with E-state index in [1.54, 1.807) is 0 Å². The average Bonchev–Trinajstić information content (AvgIpc) is 2.68. The minimum absolute atomic E-state index is 0.0268. The Balaban J connectivity index is 1.96. The third-order valence-electron chi connectivity index (χ3n) is 2.02. The van der Waals surface area contributed by atoms with Crippen molar-refractivity contribution < 1.29 is 14.6 Å². The minimum atomic E-state index is 0.0268. The molecule has 1 aliphatic rings. The Bertz CT molecular complexity index is 171. The minimum Gasteiger partial charge on any atom is -0.396 e. The number of carbonyl (C=O) groups is 1. The molecule has 1 amide bonds. The monoisotopic (exact) mass is 219 g/mol. The van der Waals surface area contributed by atoms with Gasteiger partial charge in [0.05, 0.1) is 18.5 Å². The van der Waals surface area contributed by atoms with Crippen molar-refractivity contribution in [2.24, 2.45) is 0 Å². The summed E-state index contributed by atoms with van der Waals surface area (Å²) in [5, 5.41) is 11.3. The molecule has 0 bridgehead atoms. The van der Waals surface area contributed by atoms with E-state index in [2.05, 4.69) is 5.32 Å². The zero-order chi connectivity index (χ0) is 10.2. The largest absolute Gasteiger partial charge is 0.396 e. The van der Waals surface area contributed by atoms with Crippen LogP contribution in [0.5, 0.6) is 0 Å². The van der Waals surface area contributed by atoms with Gasteiger partial charge >= 0.3 is 0 Å². The average molecular weight is 219 g/mol. The van der Waals surface area contributed by atoms with Crippen LogP contribution >= 0.6 is 11.8 Å². The van der Waals surface area contributed by atoms with Gasteiger partial charge in [0.2, 0.25) is 5.91 Å². The van der Waals surface area contributed by atoms with E-state index in [1.165, 1.54) is 11.8 Å². The zero-order valence-electron chi connectivity index (χ0n) is 8.20. The molecule has 1 heterocycles. The van der Waals surface area contributed by atoms with Gasteiger partial charge in [-0.15, -0.1) is 11.8 Å². The number of hydrogen-bond donors (Lipinski definition) is 2. The van der Waals surface area contributed by atoms with Gasteiger partial charge in [0.15, 0.2) is 0 Å². The number of aliphatic hydroxyl groups excluding tert-OH is 1. The highest BCUT2D eigenvalue weighted by molar-refractivity contribution is 7.99. The van der Waals surface area contributed by atoms with Crippen LogP contribution in [-0.4, -0.2) is 48.4 Å².